The zero-order valence-corrected chi connectivity index (χ0v) is 22.6. The van der Waals surface area contributed by atoms with Gasteiger partial charge in [-0.15, -0.1) is 0 Å². The molecule has 0 atom stereocenters. The van der Waals surface area contributed by atoms with Crippen LogP contribution in [0, 0.1) is 0 Å². The highest BCUT2D eigenvalue weighted by Gasteiger charge is 2.33. The van der Waals surface area contributed by atoms with Crippen LogP contribution in [0.5, 0.6) is 5.75 Å². The number of amides is 1. The predicted octanol–water partition coefficient (Wildman–Crippen LogP) is 5.30. The molecule has 0 radical (unpaired) electrons. The predicted molar refractivity (Wildman–Crippen MR) is 144 cm³/mol. The molecular weight excluding hydrogens is 555 g/mol. The number of para-hydroxylation sites is 2. The summed E-state index contributed by atoms with van der Waals surface area (Å²) in [5, 5.41) is 0.366. The molecule has 3 aromatic rings. The number of hydrogen-bond donors (Lipinski definition) is 0. The largest absolute Gasteiger partial charge is 0.492 e. The first-order valence-corrected chi connectivity index (χ1v) is 14.0. The van der Waals surface area contributed by atoms with Crippen molar-refractivity contribution in [1.82, 2.24) is 4.90 Å². The van der Waals surface area contributed by atoms with Gasteiger partial charge in [0.1, 0.15) is 12.3 Å². The quantitative estimate of drug-likeness (QED) is 0.361. The number of halogens is 4. The number of anilines is 2. The molecule has 1 aliphatic heterocycles. The Hall–Kier alpha value is -3.44. The molecule has 0 saturated carbocycles. The molecule has 208 valence electrons. The van der Waals surface area contributed by atoms with Crippen LogP contribution < -0.4 is 13.9 Å². The van der Waals surface area contributed by atoms with E-state index in [2.05, 4.69) is 0 Å². The Morgan fingerprint density at radius 1 is 0.974 bits per heavy atom. The van der Waals surface area contributed by atoms with Crippen molar-refractivity contribution in [1.29, 1.82) is 0 Å². The fraction of sp³-hybridized carbons (Fsp3) is 0.296. The number of sulfonamides is 1. The van der Waals surface area contributed by atoms with E-state index in [1.807, 2.05) is 0 Å². The lowest BCUT2D eigenvalue weighted by molar-refractivity contribution is -0.137. The van der Waals surface area contributed by atoms with Crippen LogP contribution in [-0.4, -0.2) is 58.6 Å². The van der Waals surface area contributed by atoms with Crippen LogP contribution in [0.2, 0.25) is 5.02 Å². The second-order valence-corrected chi connectivity index (χ2v) is 11.1. The third kappa shape index (κ3) is 6.59. The van der Waals surface area contributed by atoms with Crippen LogP contribution >= 0.6 is 11.6 Å². The van der Waals surface area contributed by atoms with Crippen molar-refractivity contribution < 1.29 is 31.1 Å². The summed E-state index contributed by atoms with van der Waals surface area (Å²) in [5.41, 5.74) is -0.116. The van der Waals surface area contributed by atoms with Gasteiger partial charge in [-0.3, -0.25) is 9.10 Å². The van der Waals surface area contributed by atoms with Crippen LogP contribution in [0.3, 0.4) is 0 Å². The van der Waals surface area contributed by atoms with Crippen LogP contribution in [-0.2, 0) is 21.0 Å². The van der Waals surface area contributed by atoms with Crippen molar-refractivity contribution in [3.05, 3.63) is 83.4 Å². The molecule has 0 N–H and O–H groups in total. The molecule has 0 bridgehead atoms. The van der Waals surface area contributed by atoms with E-state index in [1.54, 1.807) is 42.2 Å². The Morgan fingerprint density at radius 3 is 2.28 bits per heavy atom. The normalized spacial score (nSPS) is 14.3. The van der Waals surface area contributed by atoms with Crippen molar-refractivity contribution >= 4 is 38.9 Å². The zero-order valence-electron chi connectivity index (χ0n) is 21.1. The lowest BCUT2D eigenvalue weighted by Gasteiger charge is -2.37. The van der Waals surface area contributed by atoms with Crippen LogP contribution in [0.4, 0.5) is 24.5 Å². The first-order valence-electron chi connectivity index (χ1n) is 12.2. The van der Waals surface area contributed by atoms with Crippen molar-refractivity contribution in [2.24, 2.45) is 0 Å². The molecule has 1 saturated heterocycles. The fourth-order valence-electron chi connectivity index (χ4n) is 4.29. The van der Waals surface area contributed by atoms with Gasteiger partial charge in [0.25, 0.3) is 10.0 Å². The monoisotopic (exact) mass is 581 g/mol. The highest BCUT2D eigenvalue weighted by Crippen LogP contribution is 2.34. The molecule has 4 rings (SSSR count). The first kappa shape index (κ1) is 28.6. The topological polar surface area (TPSA) is 70.2 Å². The van der Waals surface area contributed by atoms with Gasteiger partial charge in [0.05, 0.1) is 22.8 Å². The molecule has 39 heavy (non-hydrogen) atoms. The molecular formula is C27H27ClF3N3O4S. The van der Waals surface area contributed by atoms with Gasteiger partial charge >= 0.3 is 6.18 Å². The van der Waals surface area contributed by atoms with Gasteiger partial charge in [0.2, 0.25) is 5.91 Å². The minimum Gasteiger partial charge on any atom is -0.492 e. The number of piperazine rings is 1. The molecule has 0 aromatic heterocycles. The molecule has 0 unspecified atom stereocenters. The van der Waals surface area contributed by atoms with E-state index in [-0.39, 0.29) is 30.3 Å². The number of nitrogens with zero attached hydrogens (tertiary/aromatic N) is 3. The molecule has 12 heteroatoms. The number of benzene rings is 3. The van der Waals surface area contributed by atoms with Crippen molar-refractivity contribution in [3.8, 4) is 5.75 Å². The third-order valence-corrected chi connectivity index (χ3v) is 8.31. The van der Waals surface area contributed by atoms with Gasteiger partial charge in [-0.2, -0.15) is 13.2 Å². The van der Waals surface area contributed by atoms with E-state index in [9.17, 15) is 26.4 Å². The SMILES string of the molecule is CCOc1ccccc1N(CC(=O)N1CCN(c2cccc(C(F)(F)F)c2)CC1)S(=O)(=O)c1ccc(Cl)cc1. The van der Waals surface area contributed by atoms with Gasteiger partial charge in [-0.1, -0.05) is 29.8 Å². The summed E-state index contributed by atoms with van der Waals surface area (Å²) in [5.74, 6) is -0.137. The molecule has 1 amide bonds. The van der Waals surface area contributed by atoms with Crippen LogP contribution in [0.15, 0.2) is 77.7 Å². The van der Waals surface area contributed by atoms with Crippen LogP contribution in [0.25, 0.3) is 0 Å². The van der Waals surface area contributed by atoms with Crippen molar-refractivity contribution in [2.75, 3.05) is 48.5 Å². The summed E-state index contributed by atoms with van der Waals surface area (Å²) in [6.45, 7) is 2.60. The van der Waals surface area contributed by atoms with E-state index < -0.39 is 34.2 Å². The molecule has 0 spiro atoms. The maximum atomic E-state index is 13.7. The number of hydrogen-bond acceptors (Lipinski definition) is 5. The summed E-state index contributed by atoms with van der Waals surface area (Å²) < 4.78 is 73.5. The van der Waals surface area contributed by atoms with E-state index >= 15 is 0 Å². The standard InChI is InChI=1S/C27H27ClF3N3O4S/c1-2-38-25-9-4-3-8-24(25)34(39(36,37)23-12-10-21(28)11-13-23)19-26(35)33-16-14-32(15-17-33)22-7-5-6-20(18-22)27(29,30)31/h3-13,18H,2,14-17,19H2,1H3. The summed E-state index contributed by atoms with van der Waals surface area (Å²) in [6.07, 6.45) is -4.45. The van der Waals surface area contributed by atoms with E-state index in [1.165, 1.54) is 35.2 Å². The van der Waals surface area contributed by atoms with Gasteiger partial charge in [0.15, 0.2) is 0 Å². The van der Waals surface area contributed by atoms with Crippen LogP contribution in [0.1, 0.15) is 12.5 Å². The molecule has 0 aliphatic carbocycles. The first-order chi connectivity index (χ1) is 18.5. The molecule has 1 aliphatic rings. The number of carbonyl (C=O) groups is 1. The number of rotatable bonds is 8. The van der Waals surface area contributed by atoms with Crippen molar-refractivity contribution in [3.63, 3.8) is 0 Å². The minimum atomic E-state index is -4.45. The Kier molecular flexibility index (Phi) is 8.60. The van der Waals surface area contributed by atoms with Crippen molar-refractivity contribution in [2.45, 2.75) is 18.0 Å². The summed E-state index contributed by atoms with van der Waals surface area (Å²) in [7, 11) is -4.19. The Bertz CT molecular complexity index is 1410. The molecule has 3 aromatic carbocycles. The van der Waals surface area contributed by atoms with E-state index in [0.29, 0.717) is 29.5 Å². The lowest BCUT2D eigenvalue weighted by atomic mass is 10.1. The average molecular weight is 582 g/mol. The summed E-state index contributed by atoms with van der Waals surface area (Å²) in [6, 6.07) is 17.2. The van der Waals surface area contributed by atoms with E-state index in [0.717, 1.165) is 16.4 Å². The minimum absolute atomic E-state index is 0.0413. The highest BCUT2D eigenvalue weighted by molar-refractivity contribution is 7.92. The molecule has 1 heterocycles. The fourth-order valence-corrected chi connectivity index (χ4v) is 5.84. The number of carbonyl (C=O) groups excluding carboxylic acids is 1. The zero-order chi connectivity index (χ0) is 28.2. The number of ether oxygens (including phenoxy) is 1. The second kappa shape index (κ2) is 11.7. The average Bonchev–Trinajstić information content (AvgIpc) is 2.92. The Morgan fingerprint density at radius 2 is 1.64 bits per heavy atom. The molecule has 1 fully saturated rings. The molecule has 7 nitrogen and oxygen atoms in total. The Balaban J connectivity index is 1.55. The smallest absolute Gasteiger partial charge is 0.416 e. The van der Waals surface area contributed by atoms with Gasteiger partial charge in [-0.05, 0) is 61.5 Å². The number of alkyl halides is 3. The van der Waals surface area contributed by atoms with Gasteiger partial charge in [-0.25, -0.2) is 8.42 Å². The highest BCUT2D eigenvalue weighted by atomic mass is 35.5. The summed E-state index contributed by atoms with van der Waals surface area (Å²) >= 11 is 5.95. The van der Waals surface area contributed by atoms with Gasteiger partial charge < -0.3 is 14.5 Å². The lowest BCUT2D eigenvalue weighted by Crippen LogP contribution is -2.52. The second-order valence-electron chi connectivity index (χ2n) is 8.78. The van der Waals surface area contributed by atoms with E-state index in [4.69, 9.17) is 16.3 Å². The Labute approximate surface area is 230 Å². The maximum absolute atomic E-state index is 13.7. The summed E-state index contributed by atoms with van der Waals surface area (Å²) in [4.78, 5) is 16.6. The van der Waals surface area contributed by atoms with Gasteiger partial charge in [0, 0.05) is 36.9 Å². The third-order valence-electron chi connectivity index (χ3n) is 6.29. The maximum Gasteiger partial charge on any atom is 0.416 e.